The Bertz CT molecular complexity index is 439. The molecule has 5 heteroatoms. The van der Waals surface area contributed by atoms with Crippen LogP contribution in [-0.4, -0.2) is 18.3 Å². The van der Waals surface area contributed by atoms with E-state index in [1.807, 2.05) is 0 Å². The first-order valence-electron chi connectivity index (χ1n) is 6.27. The van der Waals surface area contributed by atoms with Gasteiger partial charge >= 0.3 is 0 Å². The van der Waals surface area contributed by atoms with Gasteiger partial charge in [0.15, 0.2) is 0 Å². The van der Waals surface area contributed by atoms with Crippen molar-refractivity contribution >= 4 is 45.0 Å². The molecule has 0 unspecified atom stereocenters. The van der Waals surface area contributed by atoms with E-state index < -0.39 is 0 Å². The molecule has 0 saturated carbocycles. The number of carbonyl (C=O) groups is 1. The summed E-state index contributed by atoms with van der Waals surface area (Å²) >= 11 is 15.3. The third-order valence-electron chi connectivity index (χ3n) is 3.58. The minimum atomic E-state index is -0.134. The summed E-state index contributed by atoms with van der Waals surface area (Å²) in [6.07, 6.45) is 1.87. The minimum Gasteiger partial charge on any atom is -0.351 e. The van der Waals surface area contributed by atoms with Crippen molar-refractivity contribution in [3.8, 4) is 0 Å². The maximum Gasteiger partial charge on any atom is 0.252 e. The number of amides is 1. The van der Waals surface area contributed by atoms with E-state index in [4.69, 9.17) is 23.2 Å². The average Bonchev–Trinajstić information content (AvgIpc) is 2.43. The van der Waals surface area contributed by atoms with Crippen LogP contribution in [0.4, 0.5) is 0 Å². The zero-order valence-corrected chi connectivity index (χ0v) is 14.2. The Balaban J connectivity index is 2.77. The van der Waals surface area contributed by atoms with Crippen molar-refractivity contribution < 1.29 is 4.79 Å². The lowest BCUT2D eigenvalue weighted by Gasteiger charge is -2.29. The molecule has 0 bridgehead atoms. The number of hydrogen-bond donors (Lipinski definition) is 1. The zero-order valence-electron chi connectivity index (χ0n) is 11.1. The Morgan fingerprint density at radius 3 is 2.53 bits per heavy atom. The van der Waals surface area contributed by atoms with Gasteiger partial charge in [0.05, 0.1) is 5.56 Å². The molecule has 0 spiro atoms. The number of rotatable bonds is 6. The van der Waals surface area contributed by atoms with Gasteiger partial charge in [-0.3, -0.25) is 4.79 Å². The normalized spacial score (nSPS) is 11.4. The molecular weight excluding hydrogens is 349 g/mol. The molecule has 0 aliphatic carbocycles. The first-order valence-corrected chi connectivity index (χ1v) is 7.97. The molecule has 1 aromatic carbocycles. The molecule has 0 radical (unpaired) electrons. The highest BCUT2D eigenvalue weighted by atomic mass is 79.9. The smallest absolute Gasteiger partial charge is 0.252 e. The van der Waals surface area contributed by atoms with Gasteiger partial charge in [-0.05, 0) is 47.0 Å². The van der Waals surface area contributed by atoms with E-state index in [9.17, 15) is 4.79 Å². The SMILES string of the molecule is CCC(CC)(CCl)CNC(=O)c1cc(Cl)ccc1Br. The maximum absolute atomic E-state index is 12.2. The molecule has 0 aromatic heterocycles. The first-order chi connectivity index (χ1) is 8.98. The lowest BCUT2D eigenvalue weighted by molar-refractivity contribution is 0.0931. The monoisotopic (exact) mass is 365 g/mol. The molecule has 0 aliphatic rings. The van der Waals surface area contributed by atoms with E-state index in [-0.39, 0.29) is 11.3 Å². The van der Waals surface area contributed by atoms with E-state index in [0.29, 0.717) is 23.0 Å². The summed E-state index contributed by atoms with van der Waals surface area (Å²) in [5.41, 5.74) is 0.505. The predicted octanol–water partition coefficient (Wildman–Crippen LogP) is 4.88. The molecule has 0 aliphatic heterocycles. The molecule has 1 N–H and O–H groups in total. The van der Waals surface area contributed by atoms with Crippen molar-refractivity contribution in [2.75, 3.05) is 12.4 Å². The summed E-state index contributed by atoms with van der Waals surface area (Å²) in [7, 11) is 0. The van der Waals surface area contributed by atoms with Crippen LogP contribution in [0.2, 0.25) is 5.02 Å². The van der Waals surface area contributed by atoms with Crippen molar-refractivity contribution in [2.45, 2.75) is 26.7 Å². The summed E-state index contributed by atoms with van der Waals surface area (Å²) in [5.74, 6) is 0.405. The molecule has 0 saturated heterocycles. The Morgan fingerprint density at radius 2 is 2.00 bits per heavy atom. The van der Waals surface area contributed by atoms with Crippen LogP contribution < -0.4 is 5.32 Å². The molecule has 1 rings (SSSR count). The molecule has 106 valence electrons. The highest BCUT2D eigenvalue weighted by Crippen LogP contribution is 2.27. The standard InChI is InChI=1S/C14H18BrCl2NO/c1-3-14(4-2,8-16)9-18-13(19)11-7-10(17)5-6-12(11)15/h5-7H,3-4,8-9H2,1-2H3,(H,18,19). The fourth-order valence-electron chi connectivity index (χ4n) is 1.77. The van der Waals surface area contributed by atoms with Crippen molar-refractivity contribution in [2.24, 2.45) is 5.41 Å². The van der Waals surface area contributed by atoms with E-state index in [1.165, 1.54) is 0 Å². The van der Waals surface area contributed by atoms with Gasteiger partial charge in [-0.15, -0.1) is 11.6 Å². The minimum absolute atomic E-state index is 0.0394. The van der Waals surface area contributed by atoms with Crippen LogP contribution in [-0.2, 0) is 0 Å². The maximum atomic E-state index is 12.2. The molecule has 1 amide bonds. The molecule has 19 heavy (non-hydrogen) atoms. The lowest BCUT2D eigenvalue weighted by Crippen LogP contribution is -2.38. The van der Waals surface area contributed by atoms with Crippen LogP contribution in [0.25, 0.3) is 0 Å². The third-order valence-corrected chi connectivity index (χ3v) is 5.07. The van der Waals surface area contributed by atoms with Crippen molar-refractivity contribution in [1.82, 2.24) is 5.32 Å². The van der Waals surface area contributed by atoms with Crippen LogP contribution in [0.5, 0.6) is 0 Å². The first kappa shape index (κ1) is 16.8. The van der Waals surface area contributed by atoms with Crippen molar-refractivity contribution in [1.29, 1.82) is 0 Å². The van der Waals surface area contributed by atoms with Gasteiger partial charge in [-0.2, -0.15) is 0 Å². The van der Waals surface area contributed by atoms with Crippen LogP contribution >= 0.6 is 39.1 Å². The van der Waals surface area contributed by atoms with Gasteiger partial charge in [0.1, 0.15) is 0 Å². The van der Waals surface area contributed by atoms with Crippen LogP contribution in [0.3, 0.4) is 0 Å². The van der Waals surface area contributed by atoms with Gasteiger partial charge in [-0.25, -0.2) is 0 Å². The van der Waals surface area contributed by atoms with E-state index in [0.717, 1.165) is 17.3 Å². The van der Waals surface area contributed by atoms with Crippen LogP contribution in [0.1, 0.15) is 37.0 Å². The summed E-state index contributed by atoms with van der Waals surface area (Å²) in [6, 6.07) is 5.16. The van der Waals surface area contributed by atoms with E-state index >= 15 is 0 Å². The predicted molar refractivity (Wildman–Crippen MR) is 85.2 cm³/mol. The highest BCUT2D eigenvalue weighted by Gasteiger charge is 2.26. The van der Waals surface area contributed by atoms with Crippen LogP contribution in [0.15, 0.2) is 22.7 Å². The van der Waals surface area contributed by atoms with Gasteiger partial charge in [0, 0.05) is 27.3 Å². The molecule has 0 fully saturated rings. The number of carbonyl (C=O) groups excluding carboxylic acids is 1. The third kappa shape index (κ3) is 4.37. The fraction of sp³-hybridized carbons (Fsp3) is 0.500. The van der Waals surface area contributed by atoms with E-state index in [1.54, 1.807) is 18.2 Å². The fourth-order valence-corrected chi connectivity index (χ4v) is 2.84. The number of hydrogen-bond acceptors (Lipinski definition) is 1. The second kappa shape index (κ2) is 7.51. The van der Waals surface area contributed by atoms with Gasteiger partial charge < -0.3 is 5.32 Å². The Morgan fingerprint density at radius 1 is 1.37 bits per heavy atom. The summed E-state index contributed by atoms with van der Waals surface area (Å²) in [6.45, 7) is 4.75. The number of nitrogens with one attached hydrogen (secondary N) is 1. The molecule has 0 atom stereocenters. The average molecular weight is 367 g/mol. The summed E-state index contributed by atoms with van der Waals surface area (Å²) in [4.78, 5) is 12.2. The van der Waals surface area contributed by atoms with Gasteiger partial charge in [0.2, 0.25) is 0 Å². The number of alkyl halides is 1. The second-order valence-electron chi connectivity index (χ2n) is 4.65. The second-order valence-corrected chi connectivity index (χ2v) is 6.21. The zero-order chi connectivity index (χ0) is 14.5. The molecule has 2 nitrogen and oxygen atoms in total. The van der Waals surface area contributed by atoms with Gasteiger partial charge in [-0.1, -0.05) is 25.4 Å². The summed E-state index contributed by atoms with van der Waals surface area (Å²) < 4.78 is 0.735. The van der Waals surface area contributed by atoms with Crippen LogP contribution in [0, 0.1) is 5.41 Å². The Labute approximate surface area is 133 Å². The van der Waals surface area contributed by atoms with Crippen molar-refractivity contribution in [3.05, 3.63) is 33.3 Å². The summed E-state index contributed by atoms with van der Waals surface area (Å²) in [5, 5.41) is 3.49. The largest absolute Gasteiger partial charge is 0.351 e. The molecular formula is C14H18BrCl2NO. The highest BCUT2D eigenvalue weighted by molar-refractivity contribution is 9.10. The molecule has 1 aromatic rings. The quantitative estimate of drug-likeness (QED) is 0.714. The Hall–Kier alpha value is -0.250. The van der Waals surface area contributed by atoms with Gasteiger partial charge in [0.25, 0.3) is 5.91 Å². The number of benzene rings is 1. The Kier molecular flexibility index (Phi) is 6.64. The van der Waals surface area contributed by atoms with E-state index in [2.05, 4.69) is 35.1 Å². The number of halogens is 3. The lowest BCUT2D eigenvalue weighted by atomic mass is 9.84. The topological polar surface area (TPSA) is 29.1 Å². The molecule has 0 heterocycles. The van der Waals surface area contributed by atoms with Crippen molar-refractivity contribution in [3.63, 3.8) is 0 Å².